The van der Waals surface area contributed by atoms with Crippen LogP contribution in [0.5, 0.6) is 11.5 Å². The van der Waals surface area contributed by atoms with E-state index < -0.39 is 17.7 Å². The van der Waals surface area contributed by atoms with Gasteiger partial charge in [-0.2, -0.15) is 0 Å². The number of pyridine rings is 1. The third kappa shape index (κ3) is 4.54. The molecule has 1 amide bonds. The smallest absolute Gasteiger partial charge is 0.295 e. The molecule has 4 rings (SSSR count). The Hall–Kier alpha value is -4.39. The predicted octanol–water partition coefficient (Wildman–Crippen LogP) is 4.28. The van der Waals surface area contributed by atoms with Crippen LogP contribution in [0.4, 0.5) is 0 Å². The van der Waals surface area contributed by atoms with E-state index in [2.05, 4.69) is 11.6 Å². The fourth-order valence-corrected chi connectivity index (χ4v) is 3.91. The molecular formula is C27H24N2O5. The minimum atomic E-state index is -0.799. The van der Waals surface area contributed by atoms with Gasteiger partial charge in [0.1, 0.15) is 23.9 Å². The number of carbonyl (C=O) groups excluding carboxylic acids is 2. The SMILES string of the molecule is C=CCOc1ccc(/C(O)=C2\C(=O)C(=O)N(Cc3cccnc3)C2c2cccc(OC)c2)cc1. The molecule has 2 aromatic carbocycles. The van der Waals surface area contributed by atoms with Gasteiger partial charge in [0.05, 0.1) is 18.7 Å². The highest BCUT2D eigenvalue weighted by atomic mass is 16.5. The van der Waals surface area contributed by atoms with Crippen molar-refractivity contribution in [1.82, 2.24) is 9.88 Å². The van der Waals surface area contributed by atoms with Gasteiger partial charge in [-0.1, -0.05) is 30.9 Å². The van der Waals surface area contributed by atoms with Crippen LogP contribution in [0.15, 0.2) is 91.3 Å². The second-order valence-electron chi connectivity index (χ2n) is 7.69. The van der Waals surface area contributed by atoms with Crippen LogP contribution in [0.1, 0.15) is 22.7 Å². The Morgan fingerprint density at radius 3 is 2.59 bits per heavy atom. The van der Waals surface area contributed by atoms with Gasteiger partial charge in [-0.3, -0.25) is 14.6 Å². The van der Waals surface area contributed by atoms with Crippen LogP contribution in [0.3, 0.4) is 0 Å². The number of aromatic nitrogens is 1. The highest BCUT2D eigenvalue weighted by Gasteiger charge is 2.46. The first kappa shape index (κ1) is 22.8. The third-order valence-corrected chi connectivity index (χ3v) is 5.52. The van der Waals surface area contributed by atoms with E-state index in [-0.39, 0.29) is 17.9 Å². The largest absolute Gasteiger partial charge is 0.507 e. The number of benzene rings is 2. The number of Topliss-reactive ketones (excluding diaryl/α,β-unsaturated/α-hetero) is 1. The van der Waals surface area contributed by atoms with E-state index >= 15 is 0 Å². The first-order chi connectivity index (χ1) is 16.5. The van der Waals surface area contributed by atoms with E-state index in [9.17, 15) is 14.7 Å². The molecule has 1 atom stereocenters. The Morgan fingerprint density at radius 2 is 1.91 bits per heavy atom. The lowest BCUT2D eigenvalue weighted by Gasteiger charge is -2.25. The molecule has 0 spiro atoms. The number of hydrogen-bond donors (Lipinski definition) is 1. The fourth-order valence-electron chi connectivity index (χ4n) is 3.91. The fraction of sp³-hybridized carbons (Fsp3) is 0.148. The summed E-state index contributed by atoms with van der Waals surface area (Å²) in [7, 11) is 1.54. The maximum atomic E-state index is 13.2. The molecule has 1 N–H and O–H groups in total. The summed E-state index contributed by atoms with van der Waals surface area (Å²) in [5.74, 6) is -0.522. The van der Waals surface area contributed by atoms with Crippen molar-refractivity contribution in [2.45, 2.75) is 12.6 Å². The van der Waals surface area contributed by atoms with Crippen molar-refractivity contribution in [3.8, 4) is 11.5 Å². The summed E-state index contributed by atoms with van der Waals surface area (Å²) in [5, 5.41) is 11.2. The first-order valence-corrected chi connectivity index (χ1v) is 10.7. The monoisotopic (exact) mass is 456 g/mol. The Bertz CT molecular complexity index is 1240. The number of aliphatic hydroxyl groups excluding tert-OH is 1. The van der Waals surface area contributed by atoms with Gasteiger partial charge in [0.2, 0.25) is 0 Å². The van der Waals surface area contributed by atoms with Crippen molar-refractivity contribution in [3.05, 3.63) is 108 Å². The van der Waals surface area contributed by atoms with Crippen LogP contribution >= 0.6 is 0 Å². The van der Waals surface area contributed by atoms with Gasteiger partial charge in [-0.15, -0.1) is 0 Å². The van der Waals surface area contributed by atoms with E-state index in [0.717, 1.165) is 5.56 Å². The van der Waals surface area contributed by atoms with Crippen molar-refractivity contribution in [2.75, 3.05) is 13.7 Å². The van der Waals surface area contributed by atoms with Gasteiger partial charge in [0.15, 0.2) is 0 Å². The van der Waals surface area contributed by atoms with E-state index in [4.69, 9.17) is 9.47 Å². The predicted molar refractivity (Wildman–Crippen MR) is 127 cm³/mol. The molecule has 0 radical (unpaired) electrons. The summed E-state index contributed by atoms with van der Waals surface area (Å²) in [5.41, 5.74) is 1.83. The number of ether oxygens (including phenoxy) is 2. The molecular weight excluding hydrogens is 432 g/mol. The molecule has 1 aromatic heterocycles. The summed E-state index contributed by atoms with van der Waals surface area (Å²) in [6.07, 6.45) is 4.91. The zero-order valence-corrected chi connectivity index (χ0v) is 18.7. The maximum Gasteiger partial charge on any atom is 0.295 e. The molecule has 1 unspecified atom stereocenters. The molecule has 0 saturated carbocycles. The van der Waals surface area contributed by atoms with Crippen LogP contribution in [-0.4, -0.2) is 40.4 Å². The van der Waals surface area contributed by atoms with E-state index in [1.54, 1.807) is 80.2 Å². The number of hydrogen-bond acceptors (Lipinski definition) is 6. The number of ketones is 1. The standard InChI is InChI=1S/C27H24N2O5/c1-3-14-34-21-11-9-19(10-12-21)25(30)23-24(20-7-4-8-22(15-20)33-2)29(27(32)26(23)31)17-18-6-5-13-28-16-18/h3-13,15-16,24,30H,1,14,17H2,2H3/b25-23+. The minimum absolute atomic E-state index is 0.0157. The molecule has 0 aliphatic carbocycles. The molecule has 1 aliphatic heterocycles. The van der Waals surface area contributed by atoms with Gasteiger partial charge >= 0.3 is 0 Å². The van der Waals surface area contributed by atoms with Crippen LogP contribution in [-0.2, 0) is 16.1 Å². The number of likely N-dealkylation sites (tertiary alicyclic amines) is 1. The Kier molecular flexibility index (Phi) is 6.73. The molecule has 34 heavy (non-hydrogen) atoms. The number of methoxy groups -OCH3 is 1. The Balaban J connectivity index is 1.80. The molecule has 1 aliphatic rings. The van der Waals surface area contributed by atoms with Gasteiger partial charge in [0.25, 0.3) is 11.7 Å². The van der Waals surface area contributed by atoms with Crippen molar-refractivity contribution in [1.29, 1.82) is 0 Å². The quantitative estimate of drug-likeness (QED) is 0.236. The average Bonchev–Trinajstić information content (AvgIpc) is 3.13. The lowest BCUT2D eigenvalue weighted by molar-refractivity contribution is -0.140. The molecule has 0 bridgehead atoms. The topological polar surface area (TPSA) is 89.0 Å². The van der Waals surface area contributed by atoms with Gasteiger partial charge in [-0.25, -0.2) is 0 Å². The molecule has 7 heteroatoms. The summed E-state index contributed by atoms with van der Waals surface area (Å²) in [6.45, 7) is 4.12. The lowest BCUT2D eigenvalue weighted by Crippen LogP contribution is -2.29. The highest BCUT2D eigenvalue weighted by Crippen LogP contribution is 2.41. The van der Waals surface area contributed by atoms with Crippen molar-refractivity contribution in [3.63, 3.8) is 0 Å². The average molecular weight is 456 g/mol. The molecule has 1 saturated heterocycles. The molecule has 7 nitrogen and oxygen atoms in total. The summed E-state index contributed by atoms with van der Waals surface area (Å²) in [6, 6.07) is 16.6. The van der Waals surface area contributed by atoms with Crippen molar-refractivity contribution < 1.29 is 24.2 Å². The normalized spacial score (nSPS) is 17.0. The molecule has 172 valence electrons. The second-order valence-corrected chi connectivity index (χ2v) is 7.69. The lowest BCUT2D eigenvalue weighted by atomic mass is 9.95. The maximum absolute atomic E-state index is 13.2. The summed E-state index contributed by atoms with van der Waals surface area (Å²) >= 11 is 0. The molecule has 1 fully saturated rings. The molecule has 3 aromatic rings. The van der Waals surface area contributed by atoms with Crippen molar-refractivity contribution >= 4 is 17.4 Å². The highest BCUT2D eigenvalue weighted by molar-refractivity contribution is 6.46. The Labute approximate surface area is 197 Å². The van der Waals surface area contributed by atoms with Gasteiger partial charge in [-0.05, 0) is 53.6 Å². The number of rotatable bonds is 8. The zero-order valence-electron chi connectivity index (χ0n) is 18.7. The minimum Gasteiger partial charge on any atom is -0.507 e. The van der Waals surface area contributed by atoms with E-state index in [1.165, 1.54) is 4.90 Å². The number of amides is 1. The third-order valence-electron chi connectivity index (χ3n) is 5.52. The Morgan fingerprint density at radius 1 is 1.12 bits per heavy atom. The zero-order chi connectivity index (χ0) is 24.1. The summed E-state index contributed by atoms with van der Waals surface area (Å²) < 4.78 is 10.8. The van der Waals surface area contributed by atoms with Crippen LogP contribution in [0.2, 0.25) is 0 Å². The first-order valence-electron chi connectivity index (χ1n) is 10.7. The summed E-state index contributed by atoms with van der Waals surface area (Å²) in [4.78, 5) is 31.8. The second kappa shape index (κ2) is 10.0. The van der Waals surface area contributed by atoms with Gasteiger partial charge in [0, 0.05) is 24.5 Å². The van der Waals surface area contributed by atoms with E-state index in [1.807, 2.05) is 6.07 Å². The number of carbonyl (C=O) groups is 2. The van der Waals surface area contributed by atoms with Crippen LogP contribution < -0.4 is 9.47 Å². The van der Waals surface area contributed by atoms with Gasteiger partial charge < -0.3 is 19.5 Å². The van der Waals surface area contributed by atoms with Crippen LogP contribution in [0.25, 0.3) is 5.76 Å². The van der Waals surface area contributed by atoms with Crippen LogP contribution in [0, 0.1) is 0 Å². The van der Waals surface area contributed by atoms with E-state index in [0.29, 0.717) is 29.2 Å². The number of nitrogens with zero attached hydrogens (tertiary/aromatic N) is 2. The number of aliphatic hydroxyl groups is 1. The molecule has 2 heterocycles. The van der Waals surface area contributed by atoms with Crippen molar-refractivity contribution in [2.24, 2.45) is 0 Å².